The van der Waals surface area contributed by atoms with Gasteiger partial charge in [0.1, 0.15) is 12.4 Å². The van der Waals surface area contributed by atoms with E-state index in [9.17, 15) is 4.39 Å². The van der Waals surface area contributed by atoms with E-state index >= 15 is 0 Å². The Balaban J connectivity index is 1.48. The maximum atomic E-state index is 13.3. The maximum absolute atomic E-state index is 13.3. The number of methoxy groups -OCH3 is 1. The average molecular weight is 468 g/mol. The Morgan fingerprint density at radius 2 is 1.97 bits per heavy atom. The molecule has 0 fully saturated rings. The van der Waals surface area contributed by atoms with Gasteiger partial charge in [-0.05, 0) is 24.3 Å². The number of aromatic nitrogens is 1. The lowest BCUT2D eigenvalue weighted by atomic mass is 10.2. The first-order chi connectivity index (χ1) is 15.6. The summed E-state index contributed by atoms with van der Waals surface area (Å²) in [5.74, 6) is 0.658. The predicted octanol–water partition coefficient (Wildman–Crippen LogP) is 6.64. The van der Waals surface area contributed by atoms with E-state index in [1.54, 1.807) is 25.5 Å². The van der Waals surface area contributed by atoms with E-state index in [1.165, 1.54) is 23.5 Å². The molecule has 3 aromatic carbocycles. The number of anilines is 1. The summed E-state index contributed by atoms with van der Waals surface area (Å²) in [5.41, 5.74) is 6.25. The molecule has 0 atom stereocenters. The normalized spacial score (nSPS) is 11.0. The zero-order valence-electron chi connectivity index (χ0n) is 17.1. The lowest BCUT2D eigenvalue weighted by Gasteiger charge is -2.14. The van der Waals surface area contributed by atoms with Crippen molar-refractivity contribution >= 4 is 34.3 Å². The first kappa shape index (κ1) is 21.8. The highest BCUT2D eigenvalue weighted by atomic mass is 35.5. The summed E-state index contributed by atoms with van der Waals surface area (Å²) in [6, 6.07) is 19.6. The maximum Gasteiger partial charge on any atom is 0.203 e. The number of halogens is 2. The first-order valence-electron chi connectivity index (χ1n) is 9.68. The van der Waals surface area contributed by atoms with Gasteiger partial charge in [-0.2, -0.15) is 5.10 Å². The monoisotopic (exact) mass is 467 g/mol. The van der Waals surface area contributed by atoms with Crippen molar-refractivity contribution in [2.45, 2.75) is 6.61 Å². The van der Waals surface area contributed by atoms with Crippen molar-refractivity contribution < 1.29 is 13.9 Å². The van der Waals surface area contributed by atoms with Crippen LogP contribution in [0.3, 0.4) is 0 Å². The van der Waals surface area contributed by atoms with E-state index in [0.717, 1.165) is 11.3 Å². The molecule has 5 nitrogen and oxygen atoms in total. The number of hydrazone groups is 1. The van der Waals surface area contributed by atoms with Crippen molar-refractivity contribution in [2.24, 2.45) is 5.10 Å². The number of nitrogens with zero attached hydrogens (tertiary/aromatic N) is 2. The van der Waals surface area contributed by atoms with E-state index in [2.05, 4.69) is 15.5 Å². The van der Waals surface area contributed by atoms with Crippen molar-refractivity contribution in [3.05, 3.63) is 94.1 Å². The summed E-state index contributed by atoms with van der Waals surface area (Å²) < 4.78 is 24.7. The smallest absolute Gasteiger partial charge is 0.203 e. The Bertz CT molecular complexity index is 1230. The van der Waals surface area contributed by atoms with E-state index in [0.29, 0.717) is 32.8 Å². The van der Waals surface area contributed by atoms with Crippen LogP contribution >= 0.6 is 22.9 Å². The van der Waals surface area contributed by atoms with Gasteiger partial charge in [-0.15, -0.1) is 11.3 Å². The van der Waals surface area contributed by atoms with Crippen LogP contribution in [0.25, 0.3) is 11.3 Å². The summed E-state index contributed by atoms with van der Waals surface area (Å²) >= 11 is 7.58. The average Bonchev–Trinajstić information content (AvgIpc) is 3.28. The Labute approximate surface area is 194 Å². The van der Waals surface area contributed by atoms with Crippen LogP contribution in [0.1, 0.15) is 11.1 Å². The molecule has 0 aliphatic carbocycles. The minimum atomic E-state index is -0.396. The summed E-state index contributed by atoms with van der Waals surface area (Å²) in [6.07, 6.45) is 1.63. The number of para-hydroxylation sites is 1. The Morgan fingerprint density at radius 3 is 2.75 bits per heavy atom. The first-order valence-corrected chi connectivity index (χ1v) is 10.9. The van der Waals surface area contributed by atoms with Crippen LogP contribution in [0.4, 0.5) is 9.52 Å². The molecule has 0 aliphatic rings. The highest BCUT2D eigenvalue weighted by Gasteiger charge is 2.11. The quantitative estimate of drug-likeness (QED) is 0.233. The fraction of sp³-hybridized carbons (Fsp3) is 0.0833. The molecule has 1 aromatic heterocycles. The summed E-state index contributed by atoms with van der Waals surface area (Å²) in [6.45, 7) is 0.153. The molecule has 1 heterocycles. The number of thiazole rings is 1. The lowest BCUT2D eigenvalue weighted by molar-refractivity contribution is 0.284. The minimum Gasteiger partial charge on any atom is -0.493 e. The Hall–Kier alpha value is -3.42. The van der Waals surface area contributed by atoms with Crippen molar-refractivity contribution in [2.75, 3.05) is 12.5 Å². The topological polar surface area (TPSA) is 55.7 Å². The van der Waals surface area contributed by atoms with Crippen LogP contribution in [0.2, 0.25) is 5.02 Å². The van der Waals surface area contributed by atoms with Gasteiger partial charge in [0.25, 0.3) is 0 Å². The molecule has 0 spiro atoms. The summed E-state index contributed by atoms with van der Waals surface area (Å²) in [4.78, 5) is 4.55. The molecule has 0 bridgehead atoms. The van der Waals surface area contributed by atoms with Crippen molar-refractivity contribution in [1.29, 1.82) is 0 Å². The lowest BCUT2D eigenvalue weighted by Crippen LogP contribution is -2.02. The molecule has 32 heavy (non-hydrogen) atoms. The molecular weight excluding hydrogens is 449 g/mol. The van der Waals surface area contributed by atoms with E-state index < -0.39 is 5.82 Å². The predicted molar refractivity (Wildman–Crippen MR) is 128 cm³/mol. The largest absolute Gasteiger partial charge is 0.493 e. The number of ether oxygens (including phenoxy) is 2. The number of hydrogen-bond acceptors (Lipinski definition) is 6. The molecule has 4 aromatic rings. The SMILES string of the molecule is COc1cccc(C=NNc2nc(-c3ccccc3)cs2)c1OCc1ccc(F)cc1Cl. The van der Waals surface area contributed by atoms with Crippen LogP contribution in [-0.4, -0.2) is 18.3 Å². The molecule has 0 unspecified atom stereocenters. The van der Waals surface area contributed by atoms with Gasteiger partial charge in [0.2, 0.25) is 5.13 Å². The van der Waals surface area contributed by atoms with Gasteiger partial charge in [-0.3, -0.25) is 5.43 Å². The van der Waals surface area contributed by atoms with E-state index in [1.807, 2.05) is 47.8 Å². The second-order valence-electron chi connectivity index (χ2n) is 6.68. The number of nitrogens with one attached hydrogen (secondary N) is 1. The molecule has 4 rings (SSSR count). The molecule has 0 amide bonds. The molecule has 0 saturated heterocycles. The summed E-state index contributed by atoms with van der Waals surface area (Å²) in [5, 5.41) is 7.24. The van der Waals surface area contributed by atoms with Crippen LogP contribution in [0, 0.1) is 5.82 Å². The third kappa shape index (κ3) is 5.25. The number of benzene rings is 3. The van der Waals surface area contributed by atoms with Gasteiger partial charge in [0.05, 0.1) is 24.0 Å². The molecule has 162 valence electrons. The van der Waals surface area contributed by atoms with E-state index in [4.69, 9.17) is 21.1 Å². The van der Waals surface area contributed by atoms with Gasteiger partial charge in [-0.1, -0.05) is 54.1 Å². The van der Waals surface area contributed by atoms with E-state index in [-0.39, 0.29) is 6.61 Å². The zero-order chi connectivity index (χ0) is 22.3. The van der Waals surface area contributed by atoms with Gasteiger partial charge in [-0.25, -0.2) is 9.37 Å². The standard InChI is InChI=1S/C24H19ClFN3O2S/c1-30-22-9-5-8-17(23(22)31-14-18-10-11-19(26)12-20(18)25)13-27-29-24-28-21(15-32-24)16-6-3-2-4-7-16/h2-13,15H,14H2,1H3,(H,28,29). The van der Waals surface area contributed by atoms with Gasteiger partial charge in [0.15, 0.2) is 11.5 Å². The third-order valence-electron chi connectivity index (χ3n) is 4.55. The van der Waals surface area contributed by atoms with Gasteiger partial charge < -0.3 is 9.47 Å². The molecule has 0 radical (unpaired) electrons. The molecule has 8 heteroatoms. The van der Waals surface area contributed by atoms with Gasteiger partial charge in [0, 0.05) is 22.1 Å². The van der Waals surface area contributed by atoms with Crippen LogP contribution < -0.4 is 14.9 Å². The molecule has 0 aliphatic heterocycles. The number of hydrogen-bond donors (Lipinski definition) is 1. The van der Waals surface area contributed by atoms with Gasteiger partial charge >= 0.3 is 0 Å². The zero-order valence-corrected chi connectivity index (χ0v) is 18.7. The molecular formula is C24H19ClFN3O2S. The molecule has 0 saturated carbocycles. The second kappa shape index (κ2) is 10.3. The highest BCUT2D eigenvalue weighted by Crippen LogP contribution is 2.32. The van der Waals surface area contributed by atoms with Crippen molar-refractivity contribution in [3.8, 4) is 22.8 Å². The van der Waals surface area contributed by atoms with Crippen molar-refractivity contribution in [3.63, 3.8) is 0 Å². The third-order valence-corrected chi connectivity index (χ3v) is 5.65. The van der Waals surface area contributed by atoms with Crippen molar-refractivity contribution in [1.82, 2.24) is 4.98 Å². The van der Waals surface area contributed by atoms with Crippen LogP contribution in [-0.2, 0) is 6.61 Å². The van der Waals surface area contributed by atoms with Crippen LogP contribution in [0.5, 0.6) is 11.5 Å². The highest BCUT2D eigenvalue weighted by molar-refractivity contribution is 7.14. The Morgan fingerprint density at radius 1 is 1.12 bits per heavy atom. The summed E-state index contributed by atoms with van der Waals surface area (Å²) in [7, 11) is 1.56. The Kier molecular flexibility index (Phi) is 6.99. The second-order valence-corrected chi connectivity index (χ2v) is 7.94. The van der Waals surface area contributed by atoms with Crippen LogP contribution in [0.15, 0.2) is 77.2 Å². The fourth-order valence-corrected chi connectivity index (χ4v) is 3.85. The minimum absolute atomic E-state index is 0.153. The fourth-order valence-electron chi connectivity index (χ4n) is 2.96. The number of rotatable bonds is 8. The molecule has 1 N–H and O–H groups in total.